The van der Waals surface area contributed by atoms with E-state index in [1.807, 2.05) is 0 Å². The molecule has 0 radical (unpaired) electrons. The van der Waals surface area contributed by atoms with E-state index in [1.165, 1.54) is 0 Å². The monoisotopic (exact) mass is 153 g/mol. The average molecular weight is 154 g/mol. The molecule has 0 aromatic carbocycles. The molecule has 0 aliphatic heterocycles. The first-order chi connectivity index (χ1) is 2.73. The van der Waals surface area contributed by atoms with Crippen molar-refractivity contribution in [2.45, 2.75) is 6.92 Å². The van der Waals surface area contributed by atoms with Gasteiger partial charge in [0.2, 0.25) is 0 Å². The molecular formula is C2H9ClNNaO3. The number of halogens is 1. The molecule has 4 N–H and O–H groups in total. The molecule has 0 saturated carbocycles. The first kappa shape index (κ1) is 23.4. The fourth-order valence-corrected chi connectivity index (χ4v) is 0. The first-order valence-electron chi connectivity index (χ1n) is 1.19. The van der Waals surface area contributed by atoms with Gasteiger partial charge in [-0.3, -0.25) is 4.79 Å². The summed E-state index contributed by atoms with van der Waals surface area (Å²) in [7, 11) is 0. The molecule has 6 heteroatoms. The van der Waals surface area contributed by atoms with Crippen LogP contribution < -0.4 is 5.90 Å². The Kier molecular flexibility index (Phi) is 73.9. The van der Waals surface area contributed by atoms with Crippen molar-refractivity contribution in [2.24, 2.45) is 5.90 Å². The molecule has 48 valence electrons. The third-order valence-corrected chi connectivity index (χ3v) is 0. The van der Waals surface area contributed by atoms with E-state index in [2.05, 4.69) is 5.90 Å². The fourth-order valence-electron chi connectivity index (χ4n) is 0. The number of aliphatic carboxylic acids is 1. The number of carboxylic acid groups (broad SMARTS) is 1. The van der Waals surface area contributed by atoms with E-state index >= 15 is 0 Å². The topological polar surface area (TPSA) is 83.5 Å². The zero-order valence-electron chi connectivity index (χ0n) is 3.79. The van der Waals surface area contributed by atoms with Crippen LogP contribution in [0.25, 0.3) is 0 Å². The van der Waals surface area contributed by atoms with Gasteiger partial charge in [0.25, 0.3) is 5.97 Å². The third-order valence-electron chi connectivity index (χ3n) is 0. The van der Waals surface area contributed by atoms with Crippen LogP contribution in [0.2, 0.25) is 0 Å². The molecule has 0 rings (SSSR count). The molecule has 8 heavy (non-hydrogen) atoms. The average Bonchev–Trinajstić information content (AvgIpc) is 1.41. The van der Waals surface area contributed by atoms with Crippen LogP contribution in [0.15, 0.2) is 0 Å². The molecule has 0 aliphatic carbocycles. The van der Waals surface area contributed by atoms with Crippen LogP contribution in [0, 0.1) is 0 Å². The van der Waals surface area contributed by atoms with E-state index in [9.17, 15) is 0 Å². The van der Waals surface area contributed by atoms with E-state index in [4.69, 9.17) is 15.1 Å². The third kappa shape index (κ3) is 466. The summed E-state index contributed by atoms with van der Waals surface area (Å²) in [5.74, 6) is 2.67. The van der Waals surface area contributed by atoms with Crippen LogP contribution in [0.3, 0.4) is 0 Å². The number of hydrogen-bond acceptors (Lipinski definition) is 3. The maximum absolute atomic E-state index is 9.00. The zero-order chi connectivity index (χ0) is 5.58. The Morgan fingerprint density at radius 3 is 1.50 bits per heavy atom. The van der Waals surface area contributed by atoms with Gasteiger partial charge in [0, 0.05) is 6.92 Å². The van der Waals surface area contributed by atoms with Crippen molar-refractivity contribution in [1.82, 2.24) is 0 Å². The zero-order valence-corrected chi connectivity index (χ0v) is 4.60. The Labute approximate surface area is 75.7 Å². The normalized spacial score (nSPS) is 3.88. The van der Waals surface area contributed by atoms with Crippen molar-refractivity contribution >= 4 is 47.9 Å². The summed E-state index contributed by atoms with van der Waals surface area (Å²) < 4.78 is 0. The number of carbonyl (C=O) groups is 1. The van der Waals surface area contributed by atoms with E-state index in [-0.39, 0.29) is 42.0 Å². The van der Waals surface area contributed by atoms with E-state index in [1.54, 1.807) is 0 Å². The van der Waals surface area contributed by atoms with Crippen LogP contribution in [-0.2, 0) is 4.79 Å². The molecule has 0 unspecified atom stereocenters. The molecular weight excluding hydrogens is 144 g/mol. The number of carboxylic acids is 1. The minimum atomic E-state index is -0.833. The van der Waals surface area contributed by atoms with Crippen molar-refractivity contribution in [3.8, 4) is 0 Å². The second-order valence-electron chi connectivity index (χ2n) is 0.519. The molecule has 0 fully saturated rings. The summed E-state index contributed by atoms with van der Waals surface area (Å²) in [5.41, 5.74) is 0. The Morgan fingerprint density at radius 1 is 1.50 bits per heavy atom. The van der Waals surface area contributed by atoms with Crippen molar-refractivity contribution in [1.29, 1.82) is 0 Å². The fraction of sp³-hybridized carbons (Fsp3) is 0.500. The predicted octanol–water partition coefficient (Wildman–Crippen LogP) is -0.802. The minimum absolute atomic E-state index is 0. The molecule has 0 aliphatic rings. The van der Waals surface area contributed by atoms with Crippen LogP contribution in [0.5, 0.6) is 0 Å². The molecule has 4 nitrogen and oxygen atoms in total. The molecule has 0 heterocycles. The predicted molar refractivity (Wildman–Crippen MR) is 33.7 cm³/mol. The second-order valence-corrected chi connectivity index (χ2v) is 0.519. The van der Waals surface area contributed by atoms with Gasteiger partial charge in [-0.15, -0.1) is 12.4 Å². The molecule has 0 saturated heterocycles. The van der Waals surface area contributed by atoms with Gasteiger partial charge in [0.1, 0.15) is 0 Å². The Morgan fingerprint density at radius 2 is 1.50 bits per heavy atom. The van der Waals surface area contributed by atoms with Crippen LogP contribution in [0.1, 0.15) is 6.92 Å². The van der Waals surface area contributed by atoms with Gasteiger partial charge < -0.3 is 10.3 Å². The Balaban J connectivity index is -0.0000000183. The molecule has 0 bridgehead atoms. The number of hydrogen-bond donors (Lipinski definition) is 3. The Bertz CT molecular complexity index is 40.3. The van der Waals surface area contributed by atoms with Gasteiger partial charge in [0.05, 0.1) is 0 Å². The molecule has 0 atom stereocenters. The quantitative estimate of drug-likeness (QED) is 0.314. The molecule has 0 aromatic heterocycles. The van der Waals surface area contributed by atoms with Gasteiger partial charge in [-0.1, -0.05) is 0 Å². The molecule has 0 aromatic rings. The number of rotatable bonds is 0. The van der Waals surface area contributed by atoms with E-state index in [0.717, 1.165) is 6.92 Å². The maximum atomic E-state index is 9.00. The van der Waals surface area contributed by atoms with Gasteiger partial charge in [0.15, 0.2) is 0 Å². The standard InChI is InChI=1S/C2H4O2.ClH.H3NO.Na.H/c1-2(3)4;;1-2;;/h1H3,(H,3,4);1H;2H,1H2;;. The van der Waals surface area contributed by atoms with Crippen molar-refractivity contribution in [2.75, 3.05) is 0 Å². The van der Waals surface area contributed by atoms with Gasteiger partial charge in [-0.2, -0.15) is 0 Å². The summed E-state index contributed by atoms with van der Waals surface area (Å²) >= 11 is 0. The summed E-state index contributed by atoms with van der Waals surface area (Å²) in [4.78, 5) is 9.00. The first-order valence-corrected chi connectivity index (χ1v) is 1.19. The van der Waals surface area contributed by atoms with Crippen LogP contribution >= 0.6 is 12.4 Å². The van der Waals surface area contributed by atoms with E-state index in [0.29, 0.717) is 0 Å². The van der Waals surface area contributed by atoms with Crippen molar-refractivity contribution in [3.63, 3.8) is 0 Å². The Hall–Kier alpha value is 0.680. The molecule has 0 amide bonds. The SMILES string of the molecule is CC(=O)O.Cl.NO.[NaH]. The van der Waals surface area contributed by atoms with Gasteiger partial charge >= 0.3 is 29.6 Å². The van der Waals surface area contributed by atoms with Crippen LogP contribution in [0.4, 0.5) is 0 Å². The summed E-state index contributed by atoms with van der Waals surface area (Å²) in [5, 5.41) is 13.9. The number of nitrogens with two attached hydrogens (primary N) is 1. The van der Waals surface area contributed by atoms with Gasteiger partial charge in [-0.25, -0.2) is 5.90 Å². The summed E-state index contributed by atoms with van der Waals surface area (Å²) in [6.07, 6.45) is 0. The van der Waals surface area contributed by atoms with Gasteiger partial charge in [-0.05, 0) is 0 Å². The van der Waals surface area contributed by atoms with Crippen molar-refractivity contribution < 1.29 is 15.1 Å². The second kappa shape index (κ2) is 25.3. The van der Waals surface area contributed by atoms with Crippen LogP contribution in [-0.4, -0.2) is 45.8 Å². The van der Waals surface area contributed by atoms with Crippen molar-refractivity contribution in [3.05, 3.63) is 0 Å². The molecule has 0 spiro atoms. The summed E-state index contributed by atoms with van der Waals surface area (Å²) in [6, 6.07) is 0. The van der Waals surface area contributed by atoms with E-state index < -0.39 is 5.97 Å². The summed E-state index contributed by atoms with van der Waals surface area (Å²) in [6.45, 7) is 1.08.